The SMILES string of the molecule is CN1CC(CCC(=O)Nc2ccc(N3CCCC3)cc2)OC1=O. The number of amides is 2. The van der Waals surface area contributed by atoms with E-state index >= 15 is 0 Å². The molecule has 3 rings (SSSR count). The Balaban J connectivity index is 1.45. The first kappa shape index (κ1) is 15.6. The highest BCUT2D eigenvalue weighted by atomic mass is 16.6. The number of carbonyl (C=O) groups is 2. The van der Waals surface area contributed by atoms with Gasteiger partial charge >= 0.3 is 6.09 Å². The minimum atomic E-state index is -0.312. The predicted octanol–water partition coefficient (Wildman–Crippen LogP) is 2.46. The van der Waals surface area contributed by atoms with Gasteiger partial charge in [-0.15, -0.1) is 0 Å². The lowest BCUT2D eigenvalue weighted by Gasteiger charge is -2.17. The zero-order valence-electron chi connectivity index (χ0n) is 13.5. The van der Waals surface area contributed by atoms with Gasteiger partial charge < -0.3 is 19.9 Å². The third-order valence-electron chi connectivity index (χ3n) is 4.37. The fourth-order valence-corrected chi connectivity index (χ4v) is 3.05. The van der Waals surface area contributed by atoms with Gasteiger partial charge in [0, 0.05) is 37.9 Å². The molecule has 2 aliphatic heterocycles. The Labute approximate surface area is 136 Å². The fraction of sp³-hybridized carbons (Fsp3) is 0.529. The molecule has 2 saturated heterocycles. The smallest absolute Gasteiger partial charge is 0.409 e. The number of likely N-dealkylation sites (N-methyl/N-ethyl adjacent to an activating group) is 1. The average Bonchev–Trinajstić information content (AvgIpc) is 3.17. The lowest BCUT2D eigenvalue weighted by Crippen LogP contribution is -2.20. The second-order valence-electron chi connectivity index (χ2n) is 6.21. The summed E-state index contributed by atoms with van der Waals surface area (Å²) in [5.41, 5.74) is 2.01. The molecule has 23 heavy (non-hydrogen) atoms. The molecule has 1 atom stereocenters. The summed E-state index contributed by atoms with van der Waals surface area (Å²) < 4.78 is 5.15. The summed E-state index contributed by atoms with van der Waals surface area (Å²) in [6.07, 6.45) is 2.90. The summed E-state index contributed by atoms with van der Waals surface area (Å²) in [6.45, 7) is 2.77. The summed E-state index contributed by atoms with van der Waals surface area (Å²) in [5, 5.41) is 2.89. The fourth-order valence-electron chi connectivity index (χ4n) is 3.05. The normalized spacial score (nSPS) is 20.7. The van der Waals surface area contributed by atoms with Gasteiger partial charge in [-0.05, 0) is 43.5 Å². The monoisotopic (exact) mass is 317 g/mol. The van der Waals surface area contributed by atoms with Gasteiger partial charge in [0.25, 0.3) is 0 Å². The van der Waals surface area contributed by atoms with Crippen LogP contribution in [0, 0.1) is 0 Å². The Hall–Kier alpha value is -2.24. The third-order valence-corrected chi connectivity index (χ3v) is 4.37. The van der Waals surface area contributed by atoms with E-state index in [1.165, 1.54) is 23.4 Å². The summed E-state index contributed by atoms with van der Waals surface area (Å²) >= 11 is 0. The number of carbonyl (C=O) groups excluding carboxylic acids is 2. The molecule has 2 heterocycles. The van der Waals surface area contributed by atoms with Crippen LogP contribution in [0.4, 0.5) is 16.2 Å². The molecule has 1 unspecified atom stereocenters. The second kappa shape index (κ2) is 6.89. The van der Waals surface area contributed by atoms with E-state index in [0.717, 1.165) is 18.8 Å². The highest BCUT2D eigenvalue weighted by molar-refractivity contribution is 5.90. The molecule has 0 saturated carbocycles. The zero-order valence-corrected chi connectivity index (χ0v) is 13.5. The van der Waals surface area contributed by atoms with Gasteiger partial charge in [-0.2, -0.15) is 0 Å². The van der Waals surface area contributed by atoms with Gasteiger partial charge in [-0.1, -0.05) is 0 Å². The maximum Gasteiger partial charge on any atom is 0.409 e. The lowest BCUT2D eigenvalue weighted by molar-refractivity contribution is -0.116. The van der Waals surface area contributed by atoms with Crippen LogP contribution in [0.25, 0.3) is 0 Å². The first-order chi connectivity index (χ1) is 11.1. The maximum atomic E-state index is 12.0. The van der Waals surface area contributed by atoms with Crippen molar-refractivity contribution in [2.24, 2.45) is 0 Å². The van der Waals surface area contributed by atoms with Gasteiger partial charge in [0.15, 0.2) is 0 Å². The number of hydrogen-bond acceptors (Lipinski definition) is 4. The van der Waals surface area contributed by atoms with Crippen molar-refractivity contribution >= 4 is 23.4 Å². The number of nitrogens with one attached hydrogen (secondary N) is 1. The van der Waals surface area contributed by atoms with Crippen molar-refractivity contribution in [1.29, 1.82) is 0 Å². The molecule has 2 aliphatic rings. The molecule has 1 N–H and O–H groups in total. The molecule has 1 aromatic carbocycles. The molecule has 124 valence electrons. The van der Waals surface area contributed by atoms with Crippen molar-refractivity contribution in [1.82, 2.24) is 4.90 Å². The summed E-state index contributed by atoms with van der Waals surface area (Å²) in [7, 11) is 1.70. The third kappa shape index (κ3) is 3.94. The standard InChI is InChI=1S/C17H23N3O3/c1-19-12-15(23-17(19)22)8-9-16(21)18-13-4-6-14(7-5-13)20-10-2-3-11-20/h4-7,15H,2-3,8-12H2,1H3,(H,18,21). The molecule has 1 aromatic rings. The van der Waals surface area contributed by atoms with Crippen molar-refractivity contribution in [2.75, 3.05) is 36.9 Å². The minimum absolute atomic E-state index is 0.0514. The highest BCUT2D eigenvalue weighted by Crippen LogP contribution is 2.22. The van der Waals surface area contributed by atoms with E-state index in [1.54, 1.807) is 7.05 Å². The van der Waals surface area contributed by atoms with Crippen molar-refractivity contribution in [3.63, 3.8) is 0 Å². The van der Waals surface area contributed by atoms with E-state index in [4.69, 9.17) is 4.74 Å². The summed E-state index contributed by atoms with van der Waals surface area (Å²) in [6, 6.07) is 7.98. The van der Waals surface area contributed by atoms with Gasteiger partial charge in [0.2, 0.25) is 5.91 Å². The van der Waals surface area contributed by atoms with Crippen LogP contribution in [0.2, 0.25) is 0 Å². The zero-order chi connectivity index (χ0) is 16.2. The van der Waals surface area contributed by atoms with E-state index < -0.39 is 0 Å². The van der Waals surface area contributed by atoms with E-state index in [2.05, 4.69) is 22.3 Å². The Morgan fingerprint density at radius 2 is 1.96 bits per heavy atom. The van der Waals surface area contributed by atoms with E-state index in [9.17, 15) is 9.59 Å². The summed E-state index contributed by atoms with van der Waals surface area (Å²) in [4.78, 5) is 27.1. The number of ether oxygens (including phenoxy) is 1. The van der Waals surface area contributed by atoms with E-state index in [-0.39, 0.29) is 18.1 Å². The number of nitrogens with zero attached hydrogens (tertiary/aromatic N) is 2. The van der Waals surface area contributed by atoms with Crippen LogP contribution in [0.1, 0.15) is 25.7 Å². The quantitative estimate of drug-likeness (QED) is 0.906. The molecule has 2 amide bonds. The van der Waals surface area contributed by atoms with Crippen molar-refractivity contribution < 1.29 is 14.3 Å². The van der Waals surface area contributed by atoms with Crippen LogP contribution in [-0.2, 0) is 9.53 Å². The van der Waals surface area contributed by atoms with Crippen molar-refractivity contribution in [3.8, 4) is 0 Å². The molecule has 0 aromatic heterocycles. The van der Waals surface area contributed by atoms with Crippen LogP contribution in [0.3, 0.4) is 0 Å². The first-order valence-corrected chi connectivity index (χ1v) is 8.18. The lowest BCUT2D eigenvalue weighted by atomic mass is 10.2. The molecule has 0 aliphatic carbocycles. The van der Waals surface area contributed by atoms with Gasteiger partial charge in [-0.3, -0.25) is 4.79 Å². The Kier molecular flexibility index (Phi) is 4.69. The Bertz CT molecular complexity index is 567. The minimum Gasteiger partial charge on any atom is -0.444 e. The van der Waals surface area contributed by atoms with E-state index in [0.29, 0.717) is 19.4 Å². The van der Waals surface area contributed by atoms with E-state index in [1.807, 2.05) is 12.1 Å². The Morgan fingerprint density at radius 3 is 2.57 bits per heavy atom. The van der Waals surface area contributed by atoms with Crippen LogP contribution in [0.5, 0.6) is 0 Å². The van der Waals surface area contributed by atoms with Crippen LogP contribution >= 0.6 is 0 Å². The van der Waals surface area contributed by atoms with Crippen LogP contribution in [0.15, 0.2) is 24.3 Å². The molecular weight excluding hydrogens is 294 g/mol. The van der Waals surface area contributed by atoms with Crippen LogP contribution < -0.4 is 10.2 Å². The molecule has 0 bridgehead atoms. The highest BCUT2D eigenvalue weighted by Gasteiger charge is 2.28. The number of anilines is 2. The molecule has 0 spiro atoms. The second-order valence-corrected chi connectivity index (χ2v) is 6.21. The molecule has 0 radical (unpaired) electrons. The topological polar surface area (TPSA) is 61.9 Å². The average molecular weight is 317 g/mol. The number of benzene rings is 1. The first-order valence-electron chi connectivity index (χ1n) is 8.18. The van der Waals surface area contributed by atoms with Crippen LogP contribution in [-0.4, -0.2) is 49.7 Å². The molecular formula is C17H23N3O3. The number of rotatable bonds is 5. The number of hydrogen-bond donors (Lipinski definition) is 1. The Morgan fingerprint density at radius 1 is 1.26 bits per heavy atom. The molecule has 2 fully saturated rings. The molecule has 6 nitrogen and oxygen atoms in total. The maximum absolute atomic E-state index is 12.0. The van der Waals surface area contributed by atoms with Gasteiger partial charge in [-0.25, -0.2) is 4.79 Å². The van der Waals surface area contributed by atoms with Crippen molar-refractivity contribution in [2.45, 2.75) is 31.8 Å². The van der Waals surface area contributed by atoms with Gasteiger partial charge in [0.1, 0.15) is 6.10 Å². The molecule has 6 heteroatoms. The largest absolute Gasteiger partial charge is 0.444 e. The van der Waals surface area contributed by atoms with Crippen molar-refractivity contribution in [3.05, 3.63) is 24.3 Å². The van der Waals surface area contributed by atoms with Gasteiger partial charge in [0.05, 0.1) is 6.54 Å². The summed E-state index contributed by atoms with van der Waals surface area (Å²) in [5.74, 6) is -0.0514. The number of cyclic esters (lactones) is 1. The predicted molar refractivity (Wildman–Crippen MR) is 88.7 cm³/mol.